The van der Waals surface area contributed by atoms with Crippen LogP contribution in [0.2, 0.25) is 0 Å². The van der Waals surface area contributed by atoms with Crippen LogP contribution in [0.5, 0.6) is 0 Å². The van der Waals surface area contributed by atoms with Gasteiger partial charge in [0.05, 0.1) is 19.8 Å². The first-order valence-electron chi connectivity index (χ1n) is 13.4. The van der Waals surface area contributed by atoms with Gasteiger partial charge in [-0.1, -0.05) is 121 Å². The molecule has 0 spiro atoms. The topological polar surface area (TPSA) is 21.7 Å². The molecule has 3 heteroatoms. The molecule has 1 fully saturated rings. The van der Waals surface area contributed by atoms with Gasteiger partial charge in [0.2, 0.25) is 0 Å². The molecule has 0 N–H and O–H groups in total. The molecule has 3 nitrogen and oxygen atoms in total. The van der Waals surface area contributed by atoms with Crippen LogP contribution in [0, 0.1) is 5.92 Å². The van der Waals surface area contributed by atoms with E-state index in [0.717, 1.165) is 39.1 Å². The molecule has 0 aromatic heterocycles. The molecule has 1 aliphatic carbocycles. The van der Waals surface area contributed by atoms with Gasteiger partial charge in [0.15, 0.2) is 0 Å². The summed E-state index contributed by atoms with van der Waals surface area (Å²) in [5, 5.41) is 0. The Bertz CT molecular complexity index is 1140. The van der Waals surface area contributed by atoms with E-state index in [-0.39, 0.29) is 5.54 Å². The number of hydrogen-bond acceptors (Lipinski definition) is 3. The molecule has 2 atom stereocenters. The summed E-state index contributed by atoms with van der Waals surface area (Å²) in [7, 11) is 0. The van der Waals surface area contributed by atoms with E-state index in [1.54, 1.807) is 0 Å². The third-order valence-corrected chi connectivity index (χ3v) is 7.45. The lowest BCUT2D eigenvalue weighted by Gasteiger charge is -2.34. The number of ether oxygens (including phenoxy) is 2. The maximum Gasteiger partial charge on any atom is 0.0717 e. The van der Waals surface area contributed by atoms with Crippen molar-refractivity contribution in [1.29, 1.82) is 0 Å². The Balaban J connectivity index is 1.29. The third kappa shape index (κ3) is 7.17. The monoisotopic (exact) mass is 491 g/mol. The molecule has 0 radical (unpaired) electrons. The predicted octanol–water partition coefficient (Wildman–Crippen LogP) is 7.27. The van der Waals surface area contributed by atoms with Gasteiger partial charge in [0.1, 0.15) is 0 Å². The summed E-state index contributed by atoms with van der Waals surface area (Å²) in [5.41, 5.74) is 5.14. The molecule has 1 saturated carbocycles. The summed E-state index contributed by atoms with van der Waals surface area (Å²) in [6.45, 7) is 4.63. The molecule has 0 heterocycles. The van der Waals surface area contributed by atoms with E-state index in [2.05, 4.69) is 120 Å². The van der Waals surface area contributed by atoms with E-state index in [1.165, 1.54) is 22.3 Å². The molecule has 4 aromatic rings. The molecular formula is C34H37NO2. The fourth-order valence-corrected chi connectivity index (χ4v) is 5.28. The van der Waals surface area contributed by atoms with Gasteiger partial charge in [-0.25, -0.2) is 0 Å². The Morgan fingerprint density at radius 2 is 1.00 bits per heavy atom. The summed E-state index contributed by atoms with van der Waals surface area (Å²) >= 11 is 0. The standard InChI is InChI=1S/C34H37NO2/c1-5-13-29(14-6-1)24-35(25-30-15-7-2-8-16-30)34(28-37-27-32-19-11-4-12-20-32)23-33(34)21-22-36-26-31-17-9-3-10-18-31/h1-20,33H,21-28H2/t33-,34-/m0/s1. The largest absolute Gasteiger partial charge is 0.377 e. The van der Waals surface area contributed by atoms with Crippen molar-refractivity contribution in [1.82, 2.24) is 4.90 Å². The maximum absolute atomic E-state index is 6.43. The van der Waals surface area contributed by atoms with Crippen molar-refractivity contribution >= 4 is 0 Å². The lowest BCUT2D eigenvalue weighted by atomic mass is 10.1. The minimum Gasteiger partial charge on any atom is -0.377 e. The van der Waals surface area contributed by atoms with Crippen LogP contribution in [0.15, 0.2) is 121 Å². The zero-order valence-corrected chi connectivity index (χ0v) is 21.5. The van der Waals surface area contributed by atoms with Gasteiger partial charge in [-0.15, -0.1) is 0 Å². The van der Waals surface area contributed by atoms with Crippen LogP contribution >= 0.6 is 0 Å². The Hall–Kier alpha value is -3.24. The third-order valence-electron chi connectivity index (χ3n) is 7.45. The van der Waals surface area contributed by atoms with Crippen LogP contribution in [0.4, 0.5) is 0 Å². The number of rotatable bonds is 14. The minimum absolute atomic E-state index is 0.0105. The van der Waals surface area contributed by atoms with Gasteiger partial charge in [-0.05, 0) is 41.0 Å². The van der Waals surface area contributed by atoms with Crippen LogP contribution in [0.25, 0.3) is 0 Å². The molecule has 190 valence electrons. The second-order valence-corrected chi connectivity index (χ2v) is 10.1. The van der Waals surface area contributed by atoms with Crippen LogP contribution in [0.3, 0.4) is 0 Å². The van der Waals surface area contributed by atoms with Crippen molar-refractivity contribution in [2.45, 2.75) is 44.7 Å². The highest BCUT2D eigenvalue weighted by Crippen LogP contribution is 2.52. The maximum atomic E-state index is 6.43. The lowest BCUT2D eigenvalue weighted by molar-refractivity contribution is 0.0174. The number of hydrogen-bond donors (Lipinski definition) is 0. The predicted molar refractivity (Wildman–Crippen MR) is 150 cm³/mol. The average Bonchev–Trinajstić information content (AvgIpc) is 3.67. The summed E-state index contributed by atoms with van der Waals surface area (Å²) in [4.78, 5) is 2.66. The number of benzene rings is 4. The van der Waals surface area contributed by atoms with E-state index in [1.807, 2.05) is 6.07 Å². The average molecular weight is 492 g/mol. The first kappa shape index (κ1) is 25.4. The van der Waals surface area contributed by atoms with Gasteiger partial charge in [0.25, 0.3) is 0 Å². The molecular weight excluding hydrogens is 454 g/mol. The highest BCUT2D eigenvalue weighted by molar-refractivity contribution is 5.22. The molecule has 1 aliphatic rings. The first-order chi connectivity index (χ1) is 18.3. The SMILES string of the molecule is c1ccc(COCC[C@H]2C[C@@]2(COCc2ccccc2)N(Cc2ccccc2)Cc2ccccc2)cc1. The van der Waals surface area contributed by atoms with E-state index in [9.17, 15) is 0 Å². The molecule has 5 rings (SSSR count). The molecule has 0 amide bonds. The minimum atomic E-state index is 0.0105. The van der Waals surface area contributed by atoms with Crippen LogP contribution in [0.1, 0.15) is 35.1 Å². The normalized spacial score (nSPS) is 18.7. The van der Waals surface area contributed by atoms with Crippen molar-refractivity contribution in [3.8, 4) is 0 Å². The van der Waals surface area contributed by atoms with Crippen molar-refractivity contribution < 1.29 is 9.47 Å². The highest BCUT2D eigenvalue weighted by Gasteiger charge is 2.57. The van der Waals surface area contributed by atoms with Gasteiger partial charge in [-0.3, -0.25) is 4.90 Å². The van der Waals surface area contributed by atoms with Crippen molar-refractivity contribution in [2.75, 3.05) is 13.2 Å². The van der Waals surface area contributed by atoms with E-state index < -0.39 is 0 Å². The quantitative estimate of drug-likeness (QED) is 0.173. The van der Waals surface area contributed by atoms with E-state index in [0.29, 0.717) is 19.1 Å². The summed E-state index contributed by atoms with van der Waals surface area (Å²) < 4.78 is 12.5. The molecule has 0 unspecified atom stereocenters. The second kappa shape index (κ2) is 12.8. The Morgan fingerprint density at radius 1 is 0.568 bits per heavy atom. The zero-order valence-electron chi connectivity index (χ0n) is 21.5. The van der Waals surface area contributed by atoms with Crippen molar-refractivity contribution in [2.24, 2.45) is 5.92 Å². The first-order valence-corrected chi connectivity index (χ1v) is 13.4. The van der Waals surface area contributed by atoms with Gasteiger partial charge in [-0.2, -0.15) is 0 Å². The summed E-state index contributed by atoms with van der Waals surface area (Å²) in [6.07, 6.45) is 2.18. The van der Waals surface area contributed by atoms with Crippen molar-refractivity contribution in [3.63, 3.8) is 0 Å². The van der Waals surface area contributed by atoms with Gasteiger partial charge >= 0.3 is 0 Å². The fourth-order valence-electron chi connectivity index (χ4n) is 5.28. The molecule has 0 aliphatic heterocycles. The van der Waals surface area contributed by atoms with Crippen LogP contribution in [-0.2, 0) is 35.8 Å². The molecule has 0 bridgehead atoms. The Morgan fingerprint density at radius 3 is 1.49 bits per heavy atom. The Kier molecular flexibility index (Phi) is 8.81. The van der Waals surface area contributed by atoms with E-state index in [4.69, 9.17) is 9.47 Å². The molecule has 0 saturated heterocycles. The van der Waals surface area contributed by atoms with Crippen LogP contribution in [-0.4, -0.2) is 23.7 Å². The molecule has 37 heavy (non-hydrogen) atoms. The van der Waals surface area contributed by atoms with Gasteiger partial charge in [0, 0.05) is 25.2 Å². The molecule has 4 aromatic carbocycles. The zero-order chi connectivity index (χ0) is 25.2. The summed E-state index contributed by atoms with van der Waals surface area (Å²) in [6, 6.07) is 42.6. The van der Waals surface area contributed by atoms with Crippen molar-refractivity contribution in [3.05, 3.63) is 144 Å². The number of nitrogens with zero attached hydrogens (tertiary/aromatic N) is 1. The Labute approximate surface area is 221 Å². The van der Waals surface area contributed by atoms with Crippen LogP contribution < -0.4 is 0 Å². The van der Waals surface area contributed by atoms with E-state index >= 15 is 0 Å². The fraction of sp³-hybridized carbons (Fsp3) is 0.294. The lowest BCUT2D eigenvalue weighted by Crippen LogP contribution is -2.42. The summed E-state index contributed by atoms with van der Waals surface area (Å²) in [5.74, 6) is 0.548. The second-order valence-electron chi connectivity index (χ2n) is 10.1. The smallest absolute Gasteiger partial charge is 0.0717 e. The highest BCUT2D eigenvalue weighted by atomic mass is 16.5. The van der Waals surface area contributed by atoms with Gasteiger partial charge < -0.3 is 9.47 Å².